The zero-order valence-electron chi connectivity index (χ0n) is 7.12. The van der Waals surface area contributed by atoms with Gasteiger partial charge in [0.2, 0.25) is 0 Å². The summed E-state index contributed by atoms with van der Waals surface area (Å²) in [5.41, 5.74) is 0. The number of halogens is 1. The zero-order valence-corrected chi connectivity index (χ0v) is 7.93. The van der Waals surface area contributed by atoms with Crippen LogP contribution in [0.2, 0.25) is 0 Å². The van der Waals surface area contributed by atoms with Crippen molar-refractivity contribution in [2.75, 3.05) is 19.6 Å². The molecule has 0 aliphatic carbocycles. The lowest BCUT2D eigenvalue weighted by molar-refractivity contribution is 0.131. The number of nitrogens with zero attached hydrogens (tertiary/aromatic N) is 1. The molecule has 5 heteroatoms. The molecular formula is C7H15ClN2O2. The van der Waals surface area contributed by atoms with Crippen LogP contribution in [0.1, 0.15) is 13.3 Å². The highest BCUT2D eigenvalue weighted by Gasteiger charge is 2.20. The van der Waals surface area contributed by atoms with Gasteiger partial charge in [-0.05, 0) is 19.9 Å². The lowest BCUT2D eigenvalue weighted by Crippen LogP contribution is -2.38. The van der Waals surface area contributed by atoms with E-state index in [4.69, 9.17) is 5.11 Å². The maximum absolute atomic E-state index is 10.6. The number of nitrogens with one attached hydrogen (secondary N) is 1. The van der Waals surface area contributed by atoms with Gasteiger partial charge in [-0.3, -0.25) is 0 Å². The molecule has 72 valence electrons. The van der Waals surface area contributed by atoms with Crippen LogP contribution in [0.3, 0.4) is 0 Å². The third-order valence-corrected chi connectivity index (χ3v) is 2.05. The first-order valence-electron chi connectivity index (χ1n) is 3.92. The number of carbonyl (C=O) groups is 1. The summed E-state index contributed by atoms with van der Waals surface area (Å²) in [5, 5.41) is 11.9. The van der Waals surface area contributed by atoms with Crippen LogP contribution in [0.5, 0.6) is 0 Å². The van der Waals surface area contributed by atoms with Crippen LogP contribution in [-0.4, -0.2) is 41.8 Å². The van der Waals surface area contributed by atoms with Crippen molar-refractivity contribution in [2.24, 2.45) is 0 Å². The Bertz CT molecular complexity index is 154. The van der Waals surface area contributed by atoms with Crippen LogP contribution in [0, 0.1) is 0 Å². The molecule has 1 aliphatic heterocycles. The monoisotopic (exact) mass is 194 g/mol. The lowest BCUT2D eigenvalue weighted by Gasteiger charge is -2.22. The molecule has 12 heavy (non-hydrogen) atoms. The summed E-state index contributed by atoms with van der Waals surface area (Å²) in [6.07, 6.45) is 0.105. The van der Waals surface area contributed by atoms with Gasteiger partial charge in [-0.1, -0.05) is 0 Å². The molecule has 1 saturated heterocycles. The quantitative estimate of drug-likeness (QED) is 0.599. The van der Waals surface area contributed by atoms with E-state index in [1.807, 2.05) is 6.92 Å². The van der Waals surface area contributed by atoms with Crippen molar-refractivity contribution in [2.45, 2.75) is 19.4 Å². The highest BCUT2D eigenvalue weighted by molar-refractivity contribution is 5.85. The fraction of sp³-hybridized carbons (Fsp3) is 0.857. The second kappa shape index (κ2) is 5.22. The molecule has 1 aliphatic rings. The number of hydrogen-bond donors (Lipinski definition) is 2. The molecule has 0 aromatic carbocycles. The average molecular weight is 195 g/mol. The van der Waals surface area contributed by atoms with Gasteiger partial charge in [-0.2, -0.15) is 0 Å². The molecule has 1 unspecified atom stereocenters. The van der Waals surface area contributed by atoms with Crippen LogP contribution in [0.15, 0.2) is 0 Å². The van der Waals surface area contributed by atoms with E-state index >= 15 is 0 Å². The van der Waals surface area contributed by atoms with Crippen molar-refractivity contribution < 1.29 is 9.90 Å². The van der Waals surface area contributed by atoms with E-state index in [1.165, 1.54) is 4.90 Å². The molecule has 0 aromatic rings. The normalized spacial score (nSPS) is 24.1. The molecule has 0 radical (unpaired) electrons. The fourth-order valence-corrected chi connectivity index (χ4v) is 1.30. The molecule has 4 nitrogen and oxygen atoms in total. The Labute approximate surface area is 78.3 Å². The Balaban J connectivity index is 0.00000121. The Morgan fingerprint density at radius 3 is 2.83 bits per heavy atom. The van der Waals surface area contributed by atoms with Gasteiger partial charge < -0.3 is 15.3 Å². The van der Waals surface area contributed by atoms with E-state index in [-0.39, 0.29) is 18.4 Å². The van der Waals surface area contributed by atoms with Crippen LogP contribution in [-0.2, 0) is 0 Å². The van der Waals surface area contributed by atoms with E-state index in [2.05, 4.69) is 5.32 Å². The molecule has 1 atom stereocenters. The first-order chi connectivity index (χ1) is 5.22. The molecule has 1 fully saturated rings. The van der Waals surface area contributed by atoms with Crippen molar-refractivity contribution >= 4 is 18.5 Å². The number of rotatable bonds is 0. The van der Waals surface area contributed by atoms with Crippen molar-refractivity contribution in [1.29, 1.82) is 0 Å². The largest absolute Gasteiger partial charge is 0.465 e. The molecular weight excluding hydrogens is 180 g/mol. The highest BCUT2D eigenvalue weighted by Crippen LogP contribution is 2.05. The molecule has 1 heterocycles. The van der Waals surface area contributed by atoms with Crippen LogP contribution < -0.4 is 5.32 Å². The first-order valence-corrected chi connectivity index (χ1v) is 3.92. The van der Waals surface area contributed by atoms with Crippen LogP contribution >= 0.6 is 12.4 Å². The van der Waals surface area contributed by atoms with Gasteiger partial charge in [0.05, 0.1) is 0 Å². The summed E-state index contributed by atoms with van der Waals surface area (Å²) in [6, 6.07) is 0.155. The zero-order chi connectivity index (χ0) is 8.27. The highest BCUT2D eigenvalue weighted by atomic mass is 35.5. The lowest BCUT2D eigenvalue weighted by atomic mass is 10.2. The Morgan fingerprint density at radius 2 is 2.25 bits per heavy atom. The molecule has 0 aromatic heterocycles. The predicted molar refractivity (Wildman–Crippen MR) is 48.9 cm³/mol. The molecule has 0 spiro atoms. The van der Waals surface area contributed by atoms with Gasteiger partial charge in [0.15, 0.2) is 0 Å². The molecule has 0 bridgehead atoms. The van der Waals surface area contributed by atoms with Crippen molar-refractivity contribution in [3.63, 3.8) is 0 Å². The third kappa shape index (κ3) is 2.87. The smallest absolute Gasteiger partial charge is 0.407 e. The van der Waals surface area contributed by atoms with Gasteiger partial charge in [0.25, 0.3) is 0 Å². The van der Waals surface area contributed by atoms with Crippen LogP contribution in [0.4, 0.5) is 4.79 Å². The summed E-state index contributed by atoms with van der Waals surface area (Å²) in [5.74, 6) is 0. The van der Waals surface area contributed by atoms with E-state index in [0.29, 0.717) is 6.54 Å². The molecule has 0 saturated carbocycles. The van der Waals surface area contributed by atoms with Gasteiger partial charge in [-0.15, -0.1) is 12.4 Å². The number of carboxylic acid groups (broad SMARTS) is 1. The van der Waals surface area contributed by atoms with Gasteiger partial charge >= 0.3 is 6.09 Å². The van der Waals surface area contributed by atoms with E-state index in [1.54, 1.807) is 0 Å². The van der Waals surface area contributed by atoms with Crippen molar-refractivity contribution in [3.8, 4) is 0 Å². The van der Waals surface area contributed by atoms with E-state index in [0.717, 1.165) is 19.5 Å². The van der Waals surface area contributed by atoms with Crippen molar-refractivity contribution in [3.05, 3.63) is 0 Å². The first kappa shape index (κ1) is 11.5. The average Bonchev–Trinajstić information content (AvgIpc) is 2.13. The summed E-state index contributed by atoms with van der Waals surface area (Å²) in [6.45, 7) is 4.25. The second-order valence-corrected chi connectivity index (χ2v) is 2.86. The number of hydrogen-bond acceptors (Lipinski definition) is 2. The fourth-order valence-electron chi connectivity index (χ4n) is 1.30. The summed E-state index contributed by atoms with van der Waals surface area (Å²) >= 11 is 0. The minimum absolute atomic E-state index is 0. The topological polar surface area (TPSA) is 52.6 Å². The van der Waals surface area contributed by atoms with E-state index < -0.39 is 6.09 Å². The minimum atomic E-state index is -0.804. The van der Waals surface area contributed by atoms with Gasteiger partial charge in [-0.25, -0.2) is 4.79 Å². The minimum Gasteiger partial charge on any atom is -0.465 e. The van der Waals surface area contributed by atoms with Gasteiger partial charge in [0, 0.05) is 19.1 Å². The number of amides is 1. The molecule has 1 rings (SSSR count). The molecule has 1 amide bonds. The Kier molecular flexibility index (Phi) is 5.01. The standard InChI is InChI=1S/C7H14N2O2.ClH/c1-6-2-3-8-4-5-9(6)7(10)11;/h6,8H,2-5H2,1H3,(H,10,11);1H. The Morgan fingerprint density at radius 1 is 1.58 bits per heavy atom. The summed E-state index contributed by atoms with van der Waals surface area (Å²) in [4.78, 5) is 12.1. The predicted octanol–water partition coefficient (Wildman–Crippen LogP) is 0.770. The third-order valence-electron chi connectivity index (χ3n) is 2.05. The van der Waals surface area contributed by atoms with Gasteiger partial charge in [0.1, 0.15) is 0 Å². The molecule has 2 N–H and O–H groups in total. The summed E-state index contributed by atoms with van der Waals surface area (Å²) < 4.78 is 0. The van der Waals surface area contributed by atoms with Crippen LogP contribution in [0.25, 0.3) is 0 Å². The SMILES string of the molecule is CC1CCNCCN1C(=O)O.Cl. The second-order valence-electron chi connectivity index (χ2n) is 2.86. The maximum Gasteiger partial charge on any atom is 0.407 e. The maximum atomic E-state index is 10.6. The van der Waals surface area contributed by atoms with E-state index in [9.17, 15) is 4.79 Å². The summed E-state index contributed by atoms with van der Waals surface area (Å²) in [7, 11) is 0. The van der Waals surface area contributed by atoms with Crippen molar-refractivity contribution in [1.82, 2.24) is 10.2 Å². The Hall–Kier alpha value is -0.480.